The van der Waals surface area contributed by atoms with Crippen LogP contribution in [0.2, 0.25) is 0 Å². The lowest BCUT2D eigenvalue weighted by Gasteiger charge is -2.24. The van der Waals surface area contributed by atoms with Gasteiger partial charge in [-0.1, -0.05) is 18.1 Å². The predicted octanol–water partition coefficient (Wildman–Crippen LogP) is 3.61. The van der Waals surface area contributed by atoms with Crippen LogP contribution in [0.4, 0.5) is 0 Å². The van der Waals surface area contributed by atoms with E-state index >= 15 is 0 Å². The van der Waals surface area contributed by atoms with Gasteiger partial charge in [-0.25, -0.2) is 0 Å². The highest BCUT2D eigenvalue weighted by atomic mass is 15.0. The third kappa shape index (κ3) is 1.85. The van der Waals surface area contributed by atoms with Gasteiger partial charge in [0, 0.05) is 24.2 Å². The minimum absolute atomic E-state index is 0.538. The lowest BCUT2D eigenvalue weighted by Crippen LogP contribution is -2.28. The predicted molar refractivity (Wildman–Crippen MR) is 77.0 cm³/mol. The van der Waals surface area contributed by atoms with E-state index in [1.807, 2.05) is 0 Å². The van der Waals surface area contributed by atoms with Gasteiger partial charge in [-0.2, -0.15) is 0 Å². The minimum atomic E-state index is 0.538. The molecule has 1 aliphatic rings. The van der Waals surface area contributed by atoms with E-state index in [-0.39, 0.29) is 0 Å². The molecule has 18 heavy (non-hydrogen) atoms. The number of hydrogen-bond acceptors (Lipinski definition) is 1. The Morgan fingerprint density at radius 1 is 1.17 bits per heavy atom. The van der Waals surface area contributed by atoms with Crippen molar-refractivity contribution < 1.29 is 0 Å². The second kappa shape index (κ2) is 4.43. The molecule has 3 rings (SSSR count). The number of nitrogens with zero attached hydrogens (tertiary/aromatic N) is 1. The maximum Gasteiger partial charge on any atom is 0.0510 e. The molecule has 0 bridgehead atoms. The van der Waals surface area contributed by atoms with Crippen molar-refractivity contribution in [1.82, 2.24) is 9.88 Å². The molecule has 1 aromatic heterocycles. The Labute approximate surface area is 109 Å². The fourth-order valence-corrected chi connectivity index (χ4v) is 3.38. The zero-order valence-corrected chi connectivity index (χ0v) is 11.6. The molecule has 2 nitrogen and oxygen atoms in total. The summed E-state index contributed by atoms with van der Waals surface area (Å²) < 4.78 is 2.38. The largest absolute Gasteiger partial charge is 0.346 e. The highest BCUT2D eigenvalue weighted by Crippen LogP contribution is 2.30. The van der Waals surface area contributed by atoms with Crippen molar-refractivity contribution in [2.24, 2.45) is 7.05 Å². The molecule has 1 fully saturated rings. The van der Waals surface area contributed by atoms with Gasteiger partial charge in [0.05, 0.1) is 5.52 Å². The van der Waals surface area contributed by atoms with Crippen LogP contribution in [0.25, 0.3) is 10.9 Å². The van der Waals surface area contributed by atoms with Crippen LogP contribution in [0, 0.1) is 13.8 Å². The summed E-state index contributed by atoms with van der Waals surface area (Å²) in [6.07, 6.45) is 3.93. The third-order valence-electron chi connectivity index (χ3n) is 4.17. The summed E-state index contributed by atoms with van der Waals surface area (Å²) in [5.41, 5.74) is 5.57. The van der Waals surface area contributed by atoms with Crippen molar-refractivity contribution in [2.45, 2.75) is 39.2 Å². The molecule has 1 saturated heterocycles. The highest BCUT2D eigenvalue weighted by molar-refractivity contribution is 5.85. The van der Waals surface area contributed by atoms with E-state index in [2.05, 4.69) is 49.0 Å². The molecule has 96 valence electrons. The maximum absolute atomic E-state index is 3.65. The van der Waals surface area contributed by atoms with Gasteiger partial charge in [-0.05, 0) is 50.9 Å². The molecular formula is C16H22N2. The Balaban J connectivity index is 2.13. The van der Waals surface area contributed by atoms with E-state index in [9.17, 15) is 0 Å². The van der Waals surface area contributed by atoms with E-state index in [1.54, 1.807) is 0 Å². The van der Waals surface area contributed by atoms with Gasteiger partial charge in [0.25, 0.3) is 0 Å². The lowest BCUT2D eigenvalue weighted by atomic mass is 10.0. The van der Waals surface area contributed by atoms with Crippen LogP contribution in [-0.2, 0) is 7.05 Å². The molecule has 0 saturated carbocycles. The van der Waals surface area contributed by atoms with E-state index in [0.717, 1.165) is 6.54 Å². The summed E-state index contributed by atoms with van der Waals surface area (Å²) >= 11 is 0. The smallest absolute Gasteiger partial charge is 0.0510 e. The quantitative estimate of drug-likeness (QED) is 0.808. The SMILES string of the molecule is Cc1cc(C)c2c(c1)cc(C1CCCCN1)n2C. The molecule has 1 aliphatic heterocycles. The van der Waals surface area contributed by atoms with Gasteiger partial charge < -0.3 is 9.88 Å². The summed E-state index contributed by atoms with van der Waals surface area (Å²) in [6, 6.07) is 7.49. The molecular weight excluding hydrogens is 220 g/mol. The summed E-state index contributed by atoms with van der Waals surface area (Å²) in [7, 11) is 2.20. The molecule has 0 amide bonds. The van der Waals surface area contributed by atoms with Crippen molar-refractivity contribution in [1.29, 1.82) is 0 Å². The molecule has 0 radical (unpaired) electrons. The molecule has 1 unspecified atom stereocenters. The van der Waals surface area contributed by atoms with Crippen LogP contribution in [0.3, 0.4) is 0 Å². The fourth-order valence-electron chi connectivity index (χ4n) is 3.38. The van der Waals surface area contributed by atoms with Crippen molar-refractivity contribution in [3.63, 3.8) is 0 Å². The van der Waals surface area contributed by atoms with Crippen LogP contribution < -0.4 is 5.32 Å². The van der Waals surface area contributed by atoms with Gasteiger partial charge in [0.2, 0.25) is 0 Å². The Bertz CT molecular complexity index is 574. The van der Waals surface area contributed by atoms with E-state index in [1.165, 1.54) is 47.0 Å². The van der Waals surface area contributed by atoms with Gasteiger partial charge in [-0.3, -0.25) is 0 Å². The summed E-state index contributed by atoms with van der Waals surface area (Å²) in [6.45, 7) is 5.55. The normalized spacial score (nSPS) is 20.5. The first-order chi connectivity index (χ1) is 8.66. The first kappa shape index (κ1) is 11.8. The average Bonchev–Trinajstić information content (AvgIpc) is 2.67. The zero-order chi connectivity index (χ0) is 12.7. The molecule has 2 aromatic rings. The van der Waals surface area contributed by atoms with Crippen LogP contribution in [0.5, 0.6) is 0 Å². The third-order valence-corrected chi connectivity index (χ3v) is 4.17. The Hall–Kier alpha value is -1.28. The summed E-state index contributed by atoms with van der Waals surface area (Å²) in [5, 5.41) is 5.04. The topological polar surface area (TPSA) is 17.0 Å². The number of benzene rings is 1. The molecule has 2 heteroatoms. The lowest BCUT2D eigenvalue weighted by molar-refractivity contribution is 0.399. The molecule has 0 aliphatic carbocycles. The number of hydrogen-bond donors (Lipinski definition) is 1. The van der Waals surface area contributed by atoms with Crippen LogP contribution in [0.15, 0.2) is 18.2 Å². The number of piperidine rings is 1. The number of rotatable bonds is 1. The van der Waals surface area contributed by atoms with Gasteiger partial charge in [0.15, 0.2) is 0 Å². The van der Waals surface area contributed by atoms with Gasteiger partial charge in [-0.15, -0.1) is 0 Å². The van der Waals surface area contributed by atoms with Crippen molar-refractivity contribution in [3.05, 3.63) is 35.0 Å². The first-order valence-electron chi connectivity index (χ1n) is 6.97. The Morgan fingerprint density at radius 3 is 2.72 bits per heavy atom. The molecule has 1 N–H and O–H groups in total. The maximum atomic E-state index is 3.65. The highest BCUT2D eigenvalue weighted by Gasteiger charge is 2.19. The second-order valence-electron chi connectivity index (χ2n) is 5.65. The number of fused-ring (bicyclic) bond motifs is 1. The molecule has 0 spiro atoms. The standard InChI is InChI=1S/C16H22N2/c1-11-8-12(2)16-13(9-11)10-15(18(16)3)14-6-4-5-7-17-14/h8-10,14,17H,4-7H2,1-3H3. The second-order valence-corrected chi connectivity index (χ2v) is 5.65. The first-order valence-corrected chi connectivity index (χ1v) is 6.97. The van der Waals surface area contributed by atoms with Gasteiger partial charge >= 0.3 is 0 Å². The van der Waals surface area contributed by atoms with Gasteiger partial charge in [0.1, 0.15) is 0 Å². The van der Waals surface area contributed by atoms with E-state index in [4.69, 9.17) is 0 Å². The number of aromatic nitrogens is 1. The molecule has 2 heterocycles. The van der Waals surface area contributed by atoms with Crippen LogP contribution in [-0.4, -0.2) is 11.1 Å². The minimum Gasteiger partial charge on any atom is -0.346 e. The monoisotopic (exact) mass is 242 g/mol. The van der Waals surface area contributed by atoms with Crippen LogP contribution in [0.1, 0.15) is 42.1 Å². The van der Waals surface area contributed by atoms with Crippen molar-refractivity contribution in [3.8, 4) is 0 Å². The van der Waals surface area contributed by atoms with Crippen molar-refractivity contribution >= 4 is 10.9 Å². The number of nitrogens with one attached hydrogen (secondary N) is 1. The van der Waals surface area contributed by atoms with E-state index in [0.29, 0.717) is 6.04 Å². The Morgan fingerprint density at radius 2 is 2.00 bits per heavy atom. The average molecular weight is 242 g/mol. The number of aryl methyl sites for hydroxylation is 3. The Kier molecular flexibility index (Phi) is 2.90. The van der Waals surface area contributed by atoms with E-state index < -0.39 is 0 Å². The summed E-state index contributed by atoms with van der Waals surface area (Å²) in [5.74, 6) is 0. The zero-order valence-electron chi connectivity index (χ0n) is 11.6. The molecule has 1 aromatic carbocycles. The molecule has 1 atom stereocenters. The van der Waals surface area contributed by atoms with Crippen molar-refractivity contribution in [2.75, 3.05) is 6.54 Å². The summed E-state index contributed by atoms with van der Waals surface area (Å²) in [4.78, 5) is 0. The van der Waals surface area contributed by atoms with Crippen LogP contribution >= 0.6 is 0 Å². The fraction of sp³-hybridized carbons (Fsp3) is 0.500.